The van der Waals surface area contributed by atoms with Gasteiger partial charge in [-0.25, -0.2) is 0 Å². The summed E-state index contributed by atoms with van der Waals surface area (Å²) in [5, 5.41) is 6.28. The van der Waals surface area contributed by atoms with Crippen molar-refractivity contribution >= 4 is 39.2 Å². The number of carbonyl (C=O) groups excluding carboxylic acids is 2. The molecule has 0 radical (unpaired) electrons. The molecule has 9 heteroatoms. The van der Waals surface area contributed by atoms with Crippen molar-refractivity contribution in [2.45, 2.75) is 45.4 Å². The van der Waals surface area contributed by atoms with E-state index in [1.54, 1.807) is 24.3 Å². The van der Waals surface area contributed by atoms with Crippen LogP contribution in [0.3, 0.4) is 0 Å². The summed E-state index contributed by atoms with van der Waals surface area (Å²) in [5.41, 5.74) is 9.25. The van der Waals surface area contributed by atoms with Crippen LogP contribution in [0.4, 0.5) is 5.69 Å². The van der Waals surface area contributed by atoms with E-state index in [1.165, 1.54) is 5.56 Å². The average molecular weight is 709 g/mol. The fourth-order valence-corrected chi connectivity index (χ4v) is 6.27. The second kappa shape index (κ2) is 15.4. The van der Waals surface area contributed by atoms with E-state index in [9.17, 15) is 18.0 Å². The second-order valence-electron chi connectivity index (χ2n) is 13.5. The molecule has 50 heavy (non-hydrogen) atoms. The lowest BCUT2D eigenvalue weighted by molar-refractivity contribution is -0.117. The Bertz CT molecular complexity index is 2070. The minimum absolute atomic E-state index is 0.0583. The molecule has 0 aliphatic carbocycles. The summed E-state index contributed by atoms with van der Waals surface area (Å²) >= 11 is 6.08. The normalized spacial score (nSPS) is 12.3. The third-order valence-electron chi connectivity index (χ3n) is 8.66. The fourth-order valence-electron chi connectivity index (χ4n) is 5.78. The second-order valence-corrected chi connectivity index (χ2v) is 15.5. The minimum Gasteiger partial charge on any atom is -0.351 e. The Morgan fingerprint density at radius 3 is 1.92 bits per heavy atom. The molecule has 0 bridgehead atoms. The van der Waals surface area contributed by atoms with Crippen LogP contribution in [0.15, 0.2) is 115 Å². The van der Waals surface area contributed by atoms with E-state index in [2.05, 4.69) is 55.7 Å². The van der Waals surface area contributed by atoms with Crippen LogP contribution in [0.2, 0.25) is 5.02 Å². The van der Waals surface area contributed by atoms with Gasteiger partial charge in [-0.1, -0.05) is 111 Å². The molecule has 0 heterocycles. The summed E-state index contributed by atoms with van der Waals surface area (Å²) < 4.78 is 30.9. The predicted molar refractivity (Wildman–Crippen MR) is 202 cm³/mol. The first-order valence-corrected chi connectivity index (χ1v) is 18.4. The van der Waals surface area contributed by atoms with Gasteiger partial charge in [0.25, 0.3) is 16.0 Å². The summed E-state index contributed by atoms with van der Waals surface area (Å²) in [6.45, 7) is 8.36. The van der Waals surface area contributed by atoms with E-state index in [0.717, 1.165) is 38.9 Å². The van der Waals surface area contributed by atoms with Crippen molar-refractivity contribution in [3.63, 3.8) is 0 Å². The van der Waals surface area contributed by atoms with Crippen molar-refractivity contribution < 1.29 is 22.6 Å². The zero-order valence-corrected chi connectivity index (χ0v) is 30.1. The van der Waals surface area contributed by atoms with Gasteiger partial charge >= 0.3 is 0 Å². The lowest BCUT2D eigenvalue weighted by Gasteiger charge is -2.20. The SMILES string of the molecule is Cc1cc(NC(=O)C(Cc2ccc(C(=O)NCCS(=O)(=O)O)cc2)c2ccc(-c3ccc(C(C)(C)C)cc3)cc2)ccc1-c1ccc(Cl)cc1. The van der Waals surface area contributed by atoms with Gasteiger partial charge in [0.05, 0.1) is 11.7 Å². The number of halogens is 1. The number of benzene rings is 5. The molecule has 3 N–H and O–H groups in total. The number of amides is 2. The van der Waals surface area contributed by atoms with Gasteiger partial charge in [-0.15, -0.1) is 0 Å². The molecular weight excluding hydrogens is 668 g/mol. The molecule has 2 amide bonds. The predicted octanol–water partition coefficient (Wildman–Crippen LogP) is 8.86. The molecule has 0 aliphatic rings. The van der Waals surface area contributed by atoms with E-state index >= 15 is 0 Å². The smallest absolute Gasteiger partial charge is 0.266 e. The third kappa shape index (κ3) is 9.69. The number of hydrogen-bond acceptors (Lipinski definition) is 4. The fraction of sp³-hybridized carbons (Fsp3) is 0.220. The maximum absolute atomic E-state index is 14.0. The molecule has 5 rings (SSSR count). The molecule has 258 valence electrons. The Balaban J connectivity index is 1.38. The zero-order chi connectivity index (χ0) is 36.1. The Morgan fingerprint density at radius 2 is 1.36 bits per heavy atom. The van der Waals surface area contributed by atoms with Crippen LogP contribution in [-0.4, -0.2) is 37.1 Å². The summed E-state index contributed by atoms with van der Waals surface area (Å²) in [5.74, 6) is -1.74. The van der Waals surface area contributed by atoms with Gasteiger partial charge in [-0.2, -0.15) is 8.42 Å². The van der Waals surface area contributed by atoms with Crippen LogP contribution in [0, 0.1) is 6.92 Å². The summed E-state index contributed by atoms with van der Waals surface area (Å²) in [6, 6.07) is 36.9. The van der Waals surface area contributed by atoms with E-state index < -0.39 is 27.7 Å². The molecule has 1 atom stereocenters. The first-order valence-electron chi connectivity index (χ1n) is 16.4. The molecule has 0 aromatic heterocycles. The van der Waals surface area contributed by atoms with Crippen LogP contribution in [0.25, 0.3) is 22.3 Å². The number of carbonyl (C=O) groups is 2. The summed E-state index contributed by atoms with van der Waals surface area (Å²) in [4.78, 5) is 26.5. The monoisotopic (exact) mass is 708 g/mol. The van der Waals surface area contributed by atoms with Crippen molar-refractivity contribution in [1.29, 1.82) is 0 Å². The number of anilines is 1. The van der Waals surface area contributed by atoms with Crippen LogP contribution >= 0.6 is 11.6 Å². The van der Waals surface area contributed by atoms with Crippen molar-refractivity contribution in [2.75, 3.05) is 17.6 Å². The van der Waals surface area contributed by atoms with Crippen molar-refractivity contribution in [3.8, 4) is 22.3 Å². The van der Waals surface area contributed by atoms with Gasteiger partial charge in [-0.05, 0) is 99.7 Å². The molecule has 0 fully saturated rings. The lowest BCUT2D eigenvalue weighted by Crippen LogP contribution is -2.28. The molecule has 1 unspecified atom stereocenters. The molecule has 0 spiro atoms. The average Bonchev–Trinajstić information content (AvgIpc) is 3.07. The molecule has 0 aliphatic heterocycles. The first-order chi connectivity index (χ1) is 23.7. The van der Waals surface area contributed by atoms with E-state index in [4.69, 9.17) is 16.2 Å². The molecule has 5 aromatic carbocycles. The highest BCUT2D eigenvalue weighted by Gasteiger charge is 2.23. The highest BCUT2D eigenvalue weighted by molar-refractivity contribution is 7.85. The Morgan fingerprint density at radius 1 is 0.780 bits per heavy atom. The first kappa shape index (κ1) is 36.5. The summed E-state index contributed by atoms with van der Waals surface area (Å²) in [6.07, 6.45) is 0.373. The van der Waals surface area contributed by atoms with Gasteiger partial charge < -0.3 is 10.6 Å². The number of hydrogen-bond donors (Lipinski definition) is 3. The highest BCUT2D eigenvalue weighted by atomic mass is 35.5. The molecule has 7 nitrogen and oxygen atoms in total. The van der Waals surface area contributed by atoms with Crippen LogP contribution in [0.5, 0.6) is 0 Å². The lowest BCUT2D eigenvalue weighted by atomic mass is 9.86. The van der Waals surface area contributed by atoms with E-state index in [1.807, 2.05) is 73.7 Å². The van der Waals surface area contributed by atoms with E-state index in [-0.39, 0.29) is 17.9 Å². The molecule has 0 saturated carbocycles. The summed E-state index contributed by atoms with van der Waals surface area (Å²) in [7, 11) is -4.18. The standard InChI is InChI=1S/C41H41ClN2O5S/c1-27-25-36(21-22-37(27)31-15-19-35(42)20-16-31)44-40(46)38(26-28-5-7-33(8-6-28)39(45)43-23-24-50(47,48)49)32-11-9-29(10-12-32)30-13-17-34(18-14-30)41(2,3)4/h5-22,25,38H,23-24,26H2,1-4H3,(H,43,45)(H,44,46)(H,47,48,49). The molecular formula is C41H41ClN2O5S. The number of rotatable bonds is 11. The van der Waals surface area contributed by atoms with Crippen LogP contribution < -0.4 is 10.6 Å². The Hall–Kier alpha value is -4.76. The van der Waals surface area contributed by atoms with Gasteiger partial charge in [-0.3, -0.25) is 14.1 Å². The maximum Gasteiger partial charge on any atom is 0.266 e. The maximum atomic E-state index is 14.0. The third-order valence-corrected chi connectivity index (χ3v) is 9.64. The topological polar surface area (TPSA) is 113 Å². The van der Waals surface area contributed by atoms with Crippen LogP contribution in [-0.2, 0) is 26.7 Å². The quantitative estimate of drug-likeness (QED) is 0.119. The minimum atomic E-state index is -4.18. The van der Waals surface area contributed by atoms with Gasteiger partial charge in [0.2, 0.25) is 5.91 Å². The van der Waals surface area contributed by atoms with Crippen molar-refractivity contribution in [3.05, 3.63) is 148 Å². The molecule has 5 aromatic rings. The number of aryl methyl sites for hydroxylation is 1. The van der Waals surface area contributed by atoms with Crippen molar-refractivity contribution in [2.24, 2.45) is 0 Å². The van der Waals surface area contributed by atoms with Gasteiger partial charge in [0.1, 0.15) is 0 Å². The number of nitrogens with one attached hydrogen (secondary N) is 2. The Labute approximate surface area is 299 Å². The highest BCUT2D eigenvalue weighted by Crippen LogP contribution is 2.31. The van der Waals surface area contributed by atoms with Gasteiger partial charge in [0, 0.05) is 22.8 Å². The van der Waals surface area contributed by atoms with Gasteiger partial charge in [0.15, 0.2) is 0 Å². The van der Waals surface area contributed by atoms with Crippen molar-refractivity contribution in [1.82, 2.24) is 5.32 Å². The molecule has 0 saturated heterocycles. The Kier molecular flexibility index (Phi) is 11.3. The largest absolute Gasteiger partial charge is 0.351 e. The van der Waals surface area contributed by atoms with Crippen LogP contribution in [0.1, 0.15) is 59.3 Å². The van der Waals surface area contributed by atoms with E-state index in [0.29, 0.717) is 22.7 Å². The zero-order valence-electron chi connectivity index (χ0n) is 28.5.